The number of aromatic nitrogens is 2. The van der Waals surface area contributed by atoms with Gasteiger partial charge in [-0.3, -0.25) is 14.0 Å². The van der Waals surface area contributed by atoms with Gasteiger partial charge in [-0.15, -0.1) is 0 Å². The molecule has 2 aromatic heterocycles. The molecule has 0 spiro atoms. The van der Waals surface area contributed by atoms with Crippen LogP contribution in [0.1, 0.15) is 30.3 Å². The molecule has 0 saturated heterocycles. The Bertz CT molecular complexity index is 722. The number of amides is 1. The second kappa shape index (κ2) is 6.70. The van der Waals surface area contributed by atoms with Crippen LogP contribution in [0.2, 0.25) is 0 Å². The number of ether oxygens (including phenoxy) is 1. The first-order valence-corrected chi connectivity index (χ1v) is 6.68. The lowest BCUT2D eigenvalue weighted by Crippen LogP contribution is -2.17. The SMILES string of the molecule is CCOC(=O)c1nc2ccccn2c1NC(=O)CCC(=O)O. The van der Waals surface area contributed by atoms with Crippen molar-refractivity contribution in [1.29, 1.82) is 0 Å². The number of hydrogen-bond donors (Lipinski definition) is 2. The quantitative estimate of drug-likeness (QED) is 0.779. The Morgan fingerprint density at radius 1 is 1.32 bits per heavy atom. The average Bonchev–Trinajstić information content (AvgIpc) is 2.84. The normalized spacial score (nSPS) is 10.4. The zero-order valence-corrected chi connectivity index (χ0v) is 11.9. The summed E-state index contributed by atoms with van der Waals surface area (Å²) < 4.78 is 6.45. The Morgan fingerprint density at radius 2 is 2.09 bits per heavy atom. The first-order chi connectivity index (χ1) is 10.5. The number of carboxylic acids is 1. The van der Waals surface area contributed by atoms with Crippen LogP contribution in [0.5, 0.6) is 0 Å². The van der Waals surface area contributed by atoms with Crippen molar-refractivity contribution < 1.29 is 24.2 Å². The van der Waals surface area contributed by atoms with E-state index in [9.17, 15) is 14.4 Å². The molecule has 0 fully saturated rings. The minimum atomic E-state index is -1.07. The Hall–Kier alpha value is -2.90. The Kier molecular flexibility index (Phi) is 4.72. The molecule has 0 radical (unpaired) electrons. The van der Waals surface area contributed by atoms with E-state index < -0.39 is 17.8 Å². The first-order valence-electron chi connectivity index (χ1n) is 6.68. The number of esters is 1. The van der Waals surface area contributed by atoms with Crippen LogP contribution < -0.4 is 5.32 Å². The molecule has 22 heavy (non-hydrogen) atoms. The number of carboxylic acid groups (broad SMARTS) is 1. The summed E-state index contributed by atoms with van der Waals surface area (Å²) in [6.45, 7) is 1.85. The smallest absolute Gasteiger partial charge is 0.360 e. The highest BCUT2D eigenvalue weighted by Crippen LogP contribution is 2.19. The van der Waals surface area contributed by atoms with Gasteiger partial charge >= 0.3 is 11.9 Å². The van der Waals surface area contributed by atoms with Gasteiger partial charge in [-0.2, -0.15) is 0 Å². The van der Waals surface area contributed by atoms with Gasteiger partial charge in [0.25, 0.3) is 0 Å². The minimum Gasteiger partial charge on any atom is -0.481 e. The van der Waals surface area contributed by atoms with Gasteiger partial charge in [0.05, 0.1) is 13.0 Å². The molecule has 0 aliphatic rings. The summed E-state index contributed by atoms with van der Waals surface area (Å²) in [5, 5.41) is 11.1. The van der Waals surface area contributed by atoms with Crippen molar-refractivity contribution in [3.05, 3.63) is 30.1 Å². The summed E-state index contributed by atoms with van der Waals surface area (Å²) in [4.78, 5) is 38.4. The number of pyridine rings is 1. The molecule has 116 valence electrons. The molecule has 0 aliphatic carbocycles. The number of fused-ring (bicyclic) bond motifs is 1. The number of rotatable bonds is 6. The summed E-state index contributed by atoms with van der Waals surface area (Å²) >= 11 is 0. The maximum absolute atomic E-state index is 11.9. The molecule has 0 aliphatic heterocycles. The first kappa shape index (κ1) is 15.5. The van der Waals surface area contributed by atoms with Gasteiger partial charge in [-0.05, 0) is 19.1 Å². The third kappa shape index (κ3) is 3.40. The molecule has 2 aromatic rings. The number of nitrogens with zero attached hydrogens (tertiary/aromatic N) is 2. The fourth-order valence-corrected chi connectivity index (χ4v) is 1.87. The zero-order chi connectivity index (χ0) is 16.1. The van der Waals surface area contributed by atoms with Crippen molar-refractivity contribution in [3.8, 4) is 0 Å². The molecule has 0 saturated carbocycles. The van der Waals surface area contributed by atoms with Crippen molar-refractivity contribution >= 4 is 29.3 Å². The zero-order valence-electron chi connectivity index (χ0n) is 11.9. The predicted molar refractivity (Wildman–Crippen MR) is 76.6 cm³/mol. The van der Waals surface area contributed by atoms with Gasteiger partial charge in [0.15, 0.2) is 11.5 Å². The van der Waals surface area contributed by atoms with Crippen molar-refractivity contribution in [2.75, 3.05) is 11.9 Å². The van der Waals surface area contributed by atoms with Crippen LogP contribution in [-0.4, -0.2) is 38.9 Å². The van der Waals surface area contributed by atoms with Crippen molar-refractivity contribution in [1.82, 2.24) is 9.38 Å². The van der Waals surface area contributed by atoms with E-state index in [1.54, 1.807) is 31.3 Å². The second-order valence-corrected chi connectivity index (χ2v) is 4.40. The van der Waals surface area contributed by atoms with Gasteiger partial charge in [0, 0.05) is 12.6 Å². The van der Waals surface area contributed by atoms with Gasteiger partial charge < -0.3 is 15.2 Å². The number of carbonyl (C=O) groups excluding carboxylic acids is 2. The number of aliphatic carboxylic acids is 1. The van der Waals surface area contributed by atoms with E-state index in [0.29, 0.717) is 5.65 Å². The van der Waals surface area contributed by atoms with E-state index in [2.05, 4.69) is 10.3 Å². The molecule has 8 nitrogen and oxygen atoms in total. The Labute approximate surface area is 125 Å². The summed E-state index contributed by atoms with van der Waals surface area (Å²) in [5.74, 6) is -2.07. The van der Waals surface area contributed by atoms with Crippen molar-refractivity contribution in [3.63, 3.8) is 0 Å². The molecule has 2 N–H and O–H groups in total. The van der Waals surface area contributed by atoms with Crippen LogP contribution >= 0.6 is 0 Å². The minimum absolute atomic E-state index is 0.0169. The highest BCUT2D eigenvalue weighted by molar-refractivity contribution is 6.00. The molecule has 0 aromatic carbocycles. The lowest BCUT2D eigenvalue weighted by molar-refractivity contribution is -0.138. The van der Waals surface area contributed by atoms with Gasteiger partial charge in [-0.25, -0.2) is 9.78 Å². The van der Waals surface area contributed by atoms with Crippen LogP contribution in [0, 0.1) is 0 Å². The maximum atomic E-state index is 11.9. The molecule has 0 bridgehead atoms. The van der Waals surface area contributed by atoms with E-state index >= 15 is 0 Å². The Balaban J connectivity index is 2.32. The molecule has 1 amide bonds. The van der Waals surface area contributed by atoms with Crippen molar-refractivity contribution in [2.24, 2.45) is 0 Å². The largest absolute Gasteiger partial charge is 0.481 e. The van der Waals surface area contributed by atoms with E-state index in [4.69, 9.17) is 9.84 Å². The number of hydrogen-bond acceptors (Lipinski definition) is 5. The molecule has 0 unspecified atom stereocenters. The second-order valence-electron chi connectivity index (χ2n) is 4.40. The molecule has 2 rings (SSSR count). The van der Waals surface area contributed by atoms with E-state index in [-0.39, 0.29) is 31.0 Å². The highest BCUT2D eigenvalue weighted by atomic mass is 16.5. The molecular weight excluding hydrogens is 290 g/mol. The maximum Gasteiger partial charge on any atom is 0.360 e. The summed E-state index contributed by atoms with van der Waals surface area (Å²) in [7, 11) is 0. The van der Waals surface area contributed by atoms with Crippen molar-refractivity contribution in [2.45, 2.75) is 19.8 Å². The van der Waals surface area contributed by atoms with Gasteiger partial charge in [-0.1, -0.05) is 6.07 Å². The highest BCUT2D eigenvalue weighted by Gasteiger charge is 2.21. The molecule has 0 atom stereocenters. The van der Waals surface area contributed by atoms with Crippen LogP contribution in [0.25, 0.3) is 5.65 Å². The van der Waals surface area contributed by atoms with Gasteiger partial charge in [0.2, 0.25) is 5.91 Å². The number of anilines is 1. The summed E-state index contributed by atoms with van der Waals surface area (Å²) in [6.07, 6.45) is 1.15. The van der Waals surface area contributed by atoms with Crippen LogP contribution in [0.15, 0.2) is 24.4 Å². The van der Waals surface area contributed by atoms with Gasteiger partial charge in [0.1, 0.15) is 5.65 Å². The average molecular weight is 305 g/mol. The molecule has 8 heteroatoms. The molecule has 2 heterocycles. The van der Waals surface area contributed by atoms with Crippen LogP contribution in [-0.2, 0) is 14.3 Å². The lowest BCUT2D eigenvalue weighted by Gasteiger charge is -2.06. The summed E-state index contributed by atoms with van der Waals surface area (Å²) in [6, 6.07) is 5.14. The third-order valence-electron chi connectivity index (χ3n) is 2.82. The van der Waals surface area contributed by atoms with E-state index in [1.807, 2.05) is 0 Å². The lowest BCUT2D eigenvalue weighted by atomic mass is 10.3. The topological polar surface area (TPSA) is 110 Å². The monoisotopic (exact) mass is 305 g/mol. The van der Waals surface area contributed by atoms with Crippen LogP contribution in [0.3, 0.4) is 0 Å². The number of carbonyl (C=O) groups is 3. The fraction of sp³-hybridized carbons (Fsp3) is 0.286. The van der Waals surface area contributed by atoms with E-state index in [0.717, 1.165) is 0 Å². The standard InChI is InChI=1S/C14H15N3O5/c1-2-22-14(21)12-13(16-10(18)6-7-11(19)20)17-8-4-3-5-9(17)15-12/h3-5,8H,2,6-7H2,1H3,(H,16,18)(H,19,20). The Morgan fingerprint density at radius 3 is 2.77 bits per heavy atom. The fourth-order valence-electron chi connectivity index (χ4n) is 1.87. The predicted octanol–water partition coefficient (Wildman–Crippen LogP) is 1.31. The van der Waals surface area contributed by atoms with E-state index in [1.165, 1.54) is 4.40 Å². The summed E-state index contributed by atoms with van der Waals surface area (Å²) in [5.41, 5.74) is 0.454. The third-order valence-corrected chi connectivity index (χ3v) is 2.82. The van der Waals surface area contributed by atoms with Crippen LogP contribution in [0.4, 0.5) is 5.82 Å². The number of nitrogens with one attached hydrogen (secondary N) is 1. The molecular formula is C14H15N3O5. The number of imidazole rings is 1.